The molecular formula is C16H20ClN5O4. The maximum absolute atomic E-state index is 12.6. The molecule has 10 heteroatoms. The summed E-state index contributed by atoms with van der Waals surface area (Å²) in [5, 5.41) is 13.9. The molecule has 0 saturated carbocycles. The van der Waals surface area contributed by atoms with E-state index in [0.29, 0.717) is 25.4 Å². The topological polar surface area (TPSA) is 103 Å². The number of ether oxygens (including phenoxy) is 1. The van der Waals surface area contributed by atoms with Crippen LogP contribution in [0, 0.1) is 10.1 Å². The molecule has 9 nitrogen and oxygen atoms in total. The van der Waals surface area contributed by atoms with Gasteiger partial charge in [0.05, 0.1) is 4.92 Å². The Morgan fingerprint density at radius 1 is 1.42 bits per heavy atom. The Bertz CT molecular complexity index is 764. The molecule has 1 aromatic carbocycles. The van der Waals surface area contributed by atoms with Crippen molar-refractivity contribution in [1.82, 2.24) is 19.8 Å². The second-order valence-electron chi connectivity index (χ2n) is 5.74. The first-order valence-electron chi connectivity index (χ1n) is 7.91. The molecule has 1 unspecified atom stereocenters. The van der Waals surface area contributed by atoms with E-state index in [1.807, 2.05) is 17.8 Å². The summed E-state index contributed by atoms with van der Waals surface area (Å²) >= 11 is 0. The zero-order valence-electron chi connectivity index (χ0n) is 14.2. The Labute approximate surface area is 156 Å². The molecule has 0 bridgehead atoms. The van der Waals surface area contributed by atoms with E-state index in [-0.39, 0.29) is 36.7 Å². The Morgan fingerprint density at radius 3 is 2.77 bits per heavy atom. The zero-order chi connectivity index (χ0) is 17.8. The van der Waals surface area contributed by atoms with Crippen molar-refractivity contribution in [2.45, 2.75) is 6.04 Å². The fourth-order valence-electron chi connectivity index (χ4n) is 2.82. The summed E-state index contributed by atoms with van der Waals surface area (Å²) in [5.74, 6) is 1.09. The zero-order valence-corrected chi connectivity index (χ0v) is 15.0. The first-order valence-corrected chi connectivity index (χ1v) is 7.91. The lowest BCUT2D eigenvalue weighted by molar-refractivity contribution is -0.384. The quantitative estimate of drug-likeness (QED) is 0.618. The number of nitrogens with one attached hydrogen (secondary N) is 1. The van der Waals surface area contributed by atoms with Crippen LogP contribution in [0.25, 0.3) is 0 Å². The normalized spacial score (nSPS) is 16.7. The molecule has 0 spiro atoms. The molecule has 1 N–H and O–H groups in total. The number of aryl methyl sites for hydroxylation is 1. The van der Waals surface area contributed by atoms with Gasteiger partial charge in [-0.1, -0.05) is 0 Å². The maximum atomic E-state index is 12.6. The third kappa shape index (κ3) is 4.30. The summed E-state index contributed by atoms with van der Waals surface area (Å²) in [7, 11) is 1.90. The number of imidazole rings is 1. The third-order valence-electron chi connectivity index (χ3n) is 4.13. The predicted octanol–water partition coefficient (Wildman–Crippen LogP) is 1.30. The summed E-state index contributed by atoms with van der Waals surface area (Å²) < 4.78 is 7.39. The molecule has 1 aromatic heterocycles. The number of rotatable bonds is 5. The van der Waals surface area contributed by atoms with Crippen molar-refractivity contribution in [2.75, 3.05) is 26.2 Å². The average Bonchev–Trinajstić information content (AvgIpc) is 3.06. The van der Waals surface area contributed by atoms with E-state index >= 15 is 0 Å². The van der Waals surface area contributed by atoms with Crippen LogP contribution in [0.1, 0.15) is 11.9 Å². The van der Waals surface area contributed by atoms with Crippen LogP contribution in [0.15, 0.2) is 36.7 Å². The smallest absolute Gasteiger partial charge is 0.269 e. The van der Waals surface area contributed by atoms with Crippen molar-refractivity contribution < 1.29 is 14.5 Å². The van der Waals surface area contributed by atoms with E-state index in [1.165, 1.54) is 24.3 Å². The highest BCUT2D eigenvalue weighted by molar-refractivity contribution is 5.85. The highest BCUT2D eigenvalue weighted by Gasteiger charge is 2.30. The Balaban J connectivity index is 0.00000243. The number of hydrogen-bond donors (Lipinski definition) is 1. The Morgan fingerprint density at radius 2 is 2.15 bits per heavy atom. The molecule has 1 saturated heterocycles. The van der Waals surface area contributed by atoms with Crippen LogP contribution in [-0.2, 0) is 11.8 Å². The van der Waals surface area contributed by atoms with Crippen molar-refractivity contribution in [2.24, 2.45) is 7.05 Å². The van der Waals surface area contributed by atoms with Gasteiger partial charge in [0.15, 0.2) is 6.61 Å². The lowest BCUT2D eigenvalue weighted by Gasteiger charge is -2.35. The summed E-state index contributed by atoms with van der Waals surface area (Å²) in [4.78, 5) is 28.9. The van der Waals surface area contributed by atoms with Crippen LogP contribution >= 0.6 is 12.4 Å². The van der Waals surface area contributed by atoms with Gasteiger partial charge in [0.1, 0.15) is 17.6 Å². The number of amides is 1. The first kappa shape index (κ1) is 19.7. The number of piperazine rings is 1. The van der Waals surface area contributed by atoms with Gasteiger partial charge in [-0.05, 0) is 12.1 Å². The molecule has 0 aliphatic carbocycles. The molecule has 2 heterocycles. The van der Waals surface area contributed by atoms with Gasteiger partial charge in [-0.25, -0.2) is 4.98 Å². The maximum Gasteiger partial charge on any atom is 0.269 e. The lowest BCUT2D eigenvalue weighted by Crippen LogP contribution is -2.50. The summed E-state index contributed by atoms with van der Waals surface area (Å²) in [6.45, 7) is 1.79. The summed E-state index contributed by atoms with van der Waals surface area (Å²) in [5.41, 5.74) is -0.0179. The third-order valence-corrected chi connectivity index (χ3v) is 4.13. The molecule has 1 fully saturated rings. The predicted molar refractivity (Wildman–Crippen MR) is 96.4 cm³/mol. The molecule has 1 aliphatic rings. The fraction of sp³-hybridized carbons (Fsp3) is 0.375. The number of hydrogen-bond acceptors (Lipinski definition) is 6. The number of benzene rings is 1. The Hall–Kier alpha value is -2.65. The van der Waals surface area contributed by atoms with Crippen molar-refractivity contribution in [1.29, 1.82) is 0 Å². The first-order chi connectivity index (χ1) is 12.1. The molecular weight excluding hydrogens is 362 g/mol. The highest BCUT2D eigenvalue weighted by Crippen LogP contribution is 2.21. The minimum absolute atomic E-state index is 0. The van der Waals surface area contributed by atoms with E-state index < -0.39 is 4.92 Å². The van der Waals surface area contributed by atoms with E-state index in [0.717, 1.165) is 5.82 Å². The number of carbonyl (C=O) groups is 1. The van der Waals surface area contributed by atoms with E-state index in [4.69, 9.17) is 4.74 Å². The van der Waals surface area contributed by atoms with Crippen LogP contribution in [0.2, 0.25) is 0 Å². The largest absolute Gasteiger partial charge is 0.484 e. The van der Waals surface area contributed by atoms with Crippen LogP contribution in [0.3, 0.4) is 0 Å². The van der Waals surface area contributed by atoms with Gasteiger partial charge >= 0.3 is 0 Å². The highest BCUT2D eigenvalue weighted by atomic mass is 35.5. The number of nitro groups is 1. The Kier molecular flexibility index (Phi) is 6.53. The second kappa shape index (κ2) is 8.63. The number of halogens is 1. The number of nitrogens with zero attached hydrogens (tertiary/aromatic N) is 4. The van der Waals surface area contributed by atoms with E-state index in [2.05, 4.69) is 10.3 Å². The van der Waals surface area contributed by atoms with E-state index in [1.54, 1.807) is 11.1 Å². The van der Waals surface area contributed by atoms with Gasteiger partial charge in [-0.2, -0.15) is 0 Å². The van der Waals surface area contributed by atoms with Crippen molar-refractivity contribution in [3.63, 3.8) is 0 Å². The van der Waals surface area contributed by atoms with Crippen molar-refractivity contribution >= 4 is 24.0 Å². The standard InChI is InChI=1S/C16H19N5O4.ClH/c1-19-8-7-18-16(19)14-10-17-6-9-20(14)15(22)11-25-13-4-2-12(3-5-13)21(23)24;/h2-5,7-8,14,17H,6,9-11H2,1H3;1H. The van der Waals surface area contributed by atoms with Crippen LogP contribution in [0.4, 0.5) is 5.69 Å². The molecule has 26 heavy (non-hydrogen) atoms. The van der Waals surface area contributed by atoms with Gasteiger partial charge in [0, 0.05) is 51.2 Å². The van der Waals surface area contributed by atoms with Crippen LogP contribution < -0.4 is 10.1 Å². The lowest BCUT2D eigenvalue weighted by atomic mass is 10.1. The molecule has 0 radical (unpaired) electrons. The van der Waals surface area contributed by atoms with Gasteiger partial charge < -0.3 is 19.5 Å². The molecule has 1 amide bonds. The van der Waals surface area contributed by atoms with Crippen molar-refractivity contribution in [3.05, 3.63) is 52.6 Å². The molecule has 1 aliphatic heterocycles. The minimum atomic E-state index is -0.479. The number of non-ortho nitro benzene ring substituents is 1. The van der Waals surface area contributed by atoms with Crippen LogP contribution in [-0.4, -0.2) is 51.5 Å². The van der Waals surface area contributed by atoms with Gasteiger partial charge in [0.2, 0.25) is 0 Å². The van der Waals surface area contributed by atoms with Gasteiger partial charge in [-0.15, -0.1) is 12.4 Å². The average molecular weight is 382 g/mol. The number of carbonyl (C=O) groups excluding carboxylic acids is 1. The van der Waals surface area contributed by atoms with Gasteiger partial charge in [-0.3, -0.25) is 14.9 Å². The number of aromatic nitrogens is 2. The van der Waals surface area contributed by atoms with Crippen LogP contribution in [0.5, 0.6) is 5.75 Å². The van der Waals surface area contributed by atoms with Gasteiger partial charge in [0.25, 0.3) is 11.6 Å². The molecule has 140 valence electrons. The summed E-state index contributed by atoms with van der Waals surface area (Å²) in [6.07, 6.45) is 3.56. The minimum Gasteiger partial charge on any atom is -0.484 e. The molecule has 1 atom stereocenters. The molecule has 3 rings (SSSR count). The fourth-order valence-corrected chi connectivity index (χ4v) is 2.82. The van der Waals surface area contributed by atoms with Crippen molar-refractivity contribution in [3.8, 4) is 5.75 Å². The molecule has 2 aromatic rings. The SMILES string of the molecule is Cl.Cn1ccnc1C1CNCCN1C(=O)COc1ccc([N+](=O)[O-])cc1. The number of nitro benzene ring substituents is 1. The monoisotopic (exact) mass is 381 g/mol. The summed E-state index contributed by atoms with van der Waals surface area (Å²) in [6, 6.07) is 5.52. The van der Waals surface area contributed by atoms with E-state index in [9.17, 15) is 14.9 Å². The second-order valence-corrected chi connectivity index (χ2v) is 5.74.